The van der Waals surface area contributed by atoms with Gasteiger partial charge in [-0.25, -0.2) is 0 Å². The summed E-state index contributed by atoms with van der Waals surface area (Å²) < 4.78 is 2.98. The first-order chi connectivity index (χ1) is 14.5. The Morgan fingerprint density at radius 2 is 1.73 bits per heavy atom. The van der Waals surface area contributed by atoms with Gasteiger partial charge in [0.05, 0.1) is 15.9 Å². The van der Waals surface area contributed by atoms with Gasteiger partial charge in [-0.05, 0) is 29.7 Å². The number of hydrogen-bond donors (Lipinski definition) is 0. The smallest absolute Gasteiger partial charge is 0.279 e. The lowest BCUT2D eigenvalue weighted by molar-refractivity contribution is -0.121. The Labute approximate surface area is 175 Å². The van der Waals surface area contributed by atoms with E-state index in [1.54, 1.807) is 24.3 Å². The second-order valence-corrected chi connectivity index (χ2v) is 8.15. The summed E-state index contributed by atoms with van der Waals surface area (Å²) in [4.78, 5) is 42.9. The molecule has 7 heteroatoms. The molecule has 6 nitrogen and oxygen atoms in total. The third kappa shape index (κ3) is 2.95. The van der Waals surface area contributed by atoms with Gasteiger partial charge < -0.3 is 4.57 Å². The van der Waals surface area contributed by atoms with Crippen molar-refractivity contribution in [1.82, 2.24) is 4.57 Å². The molecule has 3 amide bonds. The zero-order chi connectivity index (χ0) is 20.8. The lowest BCUT2D eigenvalue weighted by Gasteiger charge is -2.14. The van der Waals surface area contributed by atoms with Gasteiger partial charge >= 0.3 is 0 Å². The highest BCUT2D eigenvalue weighted by atomic mass is 32.1. The number of anilines is 1. The van der Waals surface area contributed by atoms with Gasteiger partial charge in [-0.1, -0.05) is 47.7 Å². The van der Waals surface area contributed by atoms with E-state index < -0.39 is 5.91 Å². The number of hydrogen-bond acceptors (Lipinski definition) is 4. The average Bonchev–Trinajstić information content (AvgIpc) is 3.27. The lowest BCUT2D eigenvalue weighted by Crippen LogP contribution is -2.28. The van der Waals surface area contributed by atoms with Crippen molar-refractivity contribution in [3.8, 4) is 0 Å². The molecule has 4 aromatic rings. The van der Waals surface area contributed by atoms with E-state index in [0.29, 0.717) is 16.1 Å². The zero-order valence-corrected chi connectivity index (χ0v) is 17.0. The molecule has 0 aliphatic carbocycles. The molecule has 30 heavy (non-hydrogen) atoms. The molecule has 3 aromatic carbocycles. The normalized spacial score (nSPS) is 15.0. The Kier molecular flexibility index (Phi) is 4.33. The molecular formula is C23H17N3O3S. The van der Waals surface area contributed by atoms with Gasteiger partial charge in [-0.3, -0.25) is 19.3 Å². The maximum atomic E-state index is 12.9. The molecule has 148 valence electrons. The minimum Gasteiger partial charge on any atom is -0.319 e. The Hall–Kier alpha value is -3.58. The molecule has 1 aliphatic heterocycles. The van der Waals surface area contributed by atoms with Crippen LogP contribution in [0.5, 0.6) is 0 Å². The number of amides is 3. The molecule has 1 aromatic heterocycles. The quantitative estimate of drug-likeness (QED) is 0.468. The molecule has 0 bridgehead atoms. The van der Waals surface area contributed by atoms with Crippen LogP contribution in [0.2, 0.25) is 0 Å². The molecule has 0 saturated carbocycles. The highest BCUT2D eigenvalue weighted by Crippen LogP contribution is 2.27. The maximum Gasteiger partial charge on any atom is 0.279 e. The molecule has 1 aliphatic rings. The Morgan fingerprint density at radius 3 is 2.53 bits per heavy atom. The summed E-state index contributed by atoms with van der Waals surface area (Å²) in [6.45, 7) is 0. The number of benzene rings is 3. The van der Waals surface area contributed by atoms with Crippen molar-refractivity contribution in [1.29, 1.82) is 0 Å². The van der Waals surface area contributed by atoms with Crippen LogP contribution in [0.25, 0.3) is 21.0 Å². The van der Waals surface area contributed by atoms with Crippen LogP contribution in [-0.2, 0) is 16.6 Å². The molecule has 5 rings (SSSR count). The number of fused-ring (bicyclic) bond motifs is 3. The lowest BCUT2D eigenvalue weighted by atomic mass is 10.1. The minimum absolute atomic E-state index is 0.201. The van der Waals surface area contributed by atoms with Crippen LogP contribution in [0, 0.1) is 0 Å². The molecule has 1 fully saturated rings. The fraction of sp³-hybridized carbons (Fsp3) is 0.130. The van der Waals surface area contributed by atoms with Crippen molar-refractivity contribution in [2.45, 2.75) is 12.8 Å². The fourth-order valence-corrected chi connectivity index (χ4v) is 4.91. The van der Waals surface area contributed by atoms with Crippen molar-refractivity contribution < 1.29 is 14.4 Å². The highest BCUT2D eigenvalue weighted by Gasteiger charge is 2.30. The largest absolute Gasteiger partial charge is 0.319 e. The van der Waals surface area contributed by atoms with Crippen molar-refractivity contribution in [3.63, 3.8) is 0 Å². The van der Waals surface area contributed by atoms with Crippen LogP contribution in [0.15, 0.2) is 65.7 Å². The fourth-order valence-electron chi connectivity index (χ4n) is 3.76. The number of imide groups is 1. The number of thiazole rings is 1. The molecular weight excluding hydrogens is 398 g/mol. The number of aryl methyl sites for hydroxylation is 1. The number of carbonyl (C=O) groups excluding carboxylic acids is 3. The summed E-state index contributed by atoms with van der Waals surface area (Å²) in [6, 6.07) is 18.7. The predicted molar refractivity (Wildman–Crippen MR) is 116 cm³/mol. The van der Waals surface area contributed by atoms with Gasteiger partial charge in [0.15, 0.2) is 4.80 Å². The second-order valence-electron chi connectivity index (χ2n) is 7.17. The summed E-state index contributed by atoms with van der Waals surface area (Å²) in [7, 11) is 1.89. The molecule has 0 radical (unpaired) electrons. The summed E-state index contributed by atoms with van der Waals surface area (Å²) >= 11 is 1.46. The molecule has 2 heterocycles. The van der Waals surface area contributed by atoms with E-state index in [0.717, 1.165) is 25.9 Å². The average molecular weight is 415 g/mol. The minimum atomic E-state index is -0.414. The number of carbonyl (C=O) groups is 3. The van der Waals surface area contributed by atoms with Crippen molar-refractivity contribution in [2.24, 2.45) is 12.0 Å². The van der Waals surface area contributed by atoms with E-state index >= 15 is 0 Å². The topological polar surface area (TPSA) is 71.7 Å². The SMILES string of the molecule is Cn1c(=NC(=O)c2cccc(N3C(=O)CCC3=O)c2)sc2c3ccccc3ccc21. The second kappa shape index (κ2) is 7.03. The van der Waals surface area contributed by atoms with E-state index in [9.17, 15) is 14.4 Å². The molecule has 0 spiro atoms. The first kappa shape index (κ1) is 18.4. The first-order valence-corrected chi connectivity index (χ1v) is 10.4. The standard InChI is InChI=1S/C23H17N3O3S/c1-25-18-10-9-14-5-2-3-8-17(14)21(18)30-23(25)24-22(29)15-6-4-7-16(13-15)26-19(27)11-12-20(26)28/h2-10,13H,11-12H2,1H3. The van der Waals surface area contributed by atoms with Crippen molar-refractivity contribution in [3.05, 3.63) is 71.0 Å². The van der Waals surface area contributed by atoms with Gasteiger partial charge in [0.25, 0.3) is 5.91 Å². The summed E-state index contributed by atoms with van der Waals surface area (Å²) in [5.74, 6) is -0.906. The van der Waals surface area contributed by atoms with Gasteiger partial charge in [0, 0.05) is 30.8 Å². The first-order valence-electron chi connectivity index (χ1n) is 9.55. The van der Waals surface area contributed by atoms with E-state index in [1.165, 1.54) is 11.3 Å². The predicted octanol–water partition coefficient (Wildman–Crippen LogP) is 3.79. The van der Waals surface area contributed by atoms with E-state index in [4.69, 9.17) is 0 Å². The number of nitrogens with zero attached hydrogens (tertiary/aromatic N) is 3. The molecule has 0 N–H and O–H groups in total. The van der Waals surface area contributed by atoms with Crippen LogP contribution in [0.4, 0.5) is 5.69 Å². The Bertz CT molecular complexity index is 1410. The summed E-state index contributed by atoms with van der Waals surface area (Å²) in [5, 5.41) is 2.26. The van der Waals surface area contributed by atoms with Crippen LogP contribution in [0.3, 0.4) is 0 Å². The number of rotatable bonds is 2. The molecule has 1 saturated heterocycles. The van der Waals surface area contributed by atoms with Crippen molar-refractivity contribution >= 4 is 55.7 Å². The van der Waals surface area contributed by atoms with E-state index in [2.05, 4.69) is 23.2 Å². The molecule has 0 unspecified atom stereocenters. The Balaban J connectivity index is 1.58. The van der Waals surface area contributed by atoms with Crippen molar-refractivity contribution in [2.75, 3.05) is 4.90 Å². The van der Waals surface area contributed by atoms with E-state index in [-0.39, 0.29) is 24.7 Å². The van der Waals surface area contributed by atoms with Gasteiger partial charge in [-0.15, -0.1) is 0 Å². The summed E-state index contributed by atoms with van der Waals surface area (Å²) in [6.07, 6.45) is 0.403. The molecule has 0 atom stereocenters. The van der Waals surface area contributed by atoms with E-state index in [1.807, 2.05) is 29.8 Å². The highest BCUT2D eigenvalue weighted by molar-refractivity contribution is 7.17. The van der Waals surface area contributed by atoms with Crippen LogP contribution in [0.1, 0.15) is 23.2 Å². The maximum absolute atomic E-state index is 12.9. The number of aromatic nitrogens is 1. The monoisotopic (exact) mass is 415 g/mol. The van der Waals surface area contributed by atoms with Gasteiger partial charge in [0.2, 0.25) is 11.8 Å². The third-order valence-electron chi connectivity index (χ3n) is 5.30. The van der Waals surface area contributed by atoms with Gasteiger partial charge in [-0.2, -0.15) is 4.99 Å². The van der Waals surface area contributed by atoms with Gasteiger partial charge in [0.1, 0.15) is 0 Å². The summed E-state index contributed by atoms with van der Waals surface area (Å²) in [5.41, 5.74) is 1.75. The van der Waals surface area contributed by atoms with Crippen LogP contribution >= 0.6 is 11.3 Å². The zero-order valence-electron chi connectivity index (χ0n) is 16.2. The third-order valence-corrected chi connectivity index (χ3v) is 6.48. The Morgan fingerprint density at radius 1 is 0.967 bits per heavy atom. The van der Waals surface area contributed by atoms with Crippen LogP contribution < -0.4 is 9.70 Å². The van der Waals surface area contributed by atoms with Crippen LogP contribution in [-0.4, -0.2) is 22.3 Å².